The van der Waals surface area contributed by atoms with E-state index in [0.29, 0.717) is 4.90 Å². The Bertz CT molecular complexity index is 249. The average Bonchev–Trinajstić information content (AvgIpc) is 1.88. The van der Waals surface area contributed by atoms with Gasteiger partial charge in [0.1, 0.15) is 0 Å². The summed E-state index contributed by atoms with van der Waals surface area (Å²) in [6.45, 7) is 0. The van der Waals surface area contributed by atoms with Gasteiger partial charge in [-0.1, -0.05) is 15.9 Å². The molecule has 1 aromatic carbocycles. The summed E-state index contributed by atoms with van der Waals surface area (Å²) in [6, 6.07) is 6.65. The first kappa shape index (κ1) is 12.4. The van der Waals surface area contributed by atoms with E-state index < -0.39 is 11.1 Å². The second-order valence-electron chi connectivity index (χ2n) is 1.70. The molecule has 0 spiro atoms. The van der Waals surface area contributed by atoms with Gasteiger partial charge in [-0.3, -0.25) is 0 Å². The van der Waals surface area contributed by atoms with Gasteiger partial charge in [-0.25, -0.2) is 4.21 Å². The second kappa shape index (κ2) is 5.99. The zero-order valence-corrected chi connectivity index (χ0v) is 11.5. The molecule has 1 N–H and O–H groups in total. The first-order valence-corrected chi connectivity index (χ1v) is 4.46. The molecule has 0 aromatic heterocycles. The van der Waals surface area contributed by atoms with Gasteiger partial charge in [-0.2, -0.15) is 0 Å². The normalized spacial score (nSPS) is 11.8. The third-order valence-electron chi connectivity index (χ3n) is 1.02. The summed E-state index contributed by atoms with van der Waals surface area (Å²) in [7, 11) is 0. The fourth-order valence-corrected chi connectivity index (χ4v) is 1.18. The van der Waals surface area contributed by atoms with E-state index in [1.807, 2.05) is 0 Å². The Morgan fingerprint density at radius 1 is 1.27 bits per heavy atom. The molecule has 54 valence electrons. The summed E-state index contributed by atoms with van der Waals surface area (Å²) in [4.78, 5) is 0.420. The molecular formula is C6H5BrKO2S+. The molecule has 0 aliphatic rings. The summed E-state index contributed by atoms with van der Waals surface area (Å²) in [5.74, 6) is 0. The molecule has 0 bridgehead atoms. The summed E-state index contributed by atoms with van der Waals surface area (Å²) in [5.41, 5.74) is 0. The van der Waals surface area contributed by atoms with Gasteiger partial charge in [0.05, 0.1) is 4.90 Å². The van der Waals surface area contributed by atoms with Crippen LogP contribution >= 0.6 is 15.9 Å². The summed E-state index contributed by atoms with van der Waals surface area (Å²) < 4.78 is 19.9. The van der Waals surface area contributed by atoms with Crippen LogP contribution in [0.1, 0.15) is 0 Å². The number of hydrogen-bond donors (Lipinski definition) is 1. The monoisotopic (exact) mass is 259 g/mol. The molecular weight excluding hydrogens is 255 g/mol. The maximum absolute atomic E-state index is 10.4. The Labute approximate surface area is 119 Å². The Balaban J connectivity index is 0.000001000. The van der Waals surface area contributed by atoms with Gasteiger partial charge in [-0.15, -0.1) is 0 Å². The Kier molecular flexibility index (Phi) is 6.77. The Morgan fingerprint density at radius 3 is 2.09 bits per heavy atom. The van der Waals surface area contributed by atoms with Crippen molar-refractivity contribution in [2.24, 2.45) is 0 Å². The SMILES string of the molecule is O=S(O)c1ccc(Br)cc1.[K+]. The largest absolute Gasteiger partial charge is 1.00 e. The molecule has 0 fully saturated rings. The summed E-state index contributed by atoms with van der Waals surface area (Å²) in [5, 5.41) is 0. The average molecular weight is 260 g/mol. The van der Waals surface area contributed by atoms with Crippen molar-refractivity contribution in [3.8, 4) is 0 Å². The molecule has 2 nitrogen and oxygen atoms in total. The molecule has 1 rings (SSSR count). The number of halogens is 1. The van der Waals surface area contributed by atoms with Crippen LogP contribution in [0, 0.1) is 0 Å². The zero-order chi connectivity index (χ0) is 7.56. The van der Waals surface area contributed by atoms with Crippen molar-refractivity contribution >= 4 is 27.0 Å². The second-order valence-corrected chi connectivity index (χ2v) is 3.59. The van der Waals surface area contributed by atoms with Crippen LogP contribution in [0.15, 0.2) is 33.6 Å². The van der Waals surface area contributed by atoms with E-state index in [1.54, 1.807) is 24.3 Å². The van der Waals surface area contributed by atoms with Gasteiger partial charge in [-0.05, 0) is 24.3 Å². The van der Waals surface area contributed by atoms with Crippen LogP contribution < -0.4 is 51.4 Å². The minimum atomic E-state index is -1.86. The van der Waals surface area contributed by atoms with Crippen LogP contribution in [-0.4, -0.2) is 8.76 Å². The van der Waals surface area contributed by atoms with Crippen LogP contribution in [0.25, 0.3) is 0 Å². The predicted molar refractivity (Wildman–Crippen MR) is 43.2 cm³/mol. The quantitative estimate of drug-likeness (QED) is 0.521. The fraction of sp³-hybridized carbons (Fsp3) is 0. The van der Waals surface area contributed by atoms with E-state index in [0.717, 1.165) is 4.47 Å². The van der Waals surface area contributed by atoms with E-state index in [9.17, 15) is 4.21 Å². The molecule has 0 heterocycles. The van der Waals surface area contributed by atoms with Crippen LogP contribution in [-0.2, 0) is 11.1 Å². The van der Waals surface area contributed by atoms with Crippen molar-refractivity contribution in [1.29, 1.82) is 0 Å². The van der Waals surface area contributed by atoms with E-state index in [2.05, 4.69) is 15.9 Å². The molecule has 0 radical (unpaired) electrons. The van der Waals surface area contributed by atoms with Crippen LogP contribution in [0.4, 0.5) is 0 Å². The van der Waals surface area contributed by atoms with Crippen molar-refractivity contribution in [3.63, 3.8) is 0 Å². The Hall–Kier alpha value is 1.45. The maximum atomic E-state index is 10.4. The topological polar surface area (TPSA) is 37.3 Å². The molecule has 0 amide bonds. The molecule has 1 unspecified atom stereocenters. The maximum Gasteiger partial charge on any atom is 1.00 e. The molecule has 0 aliphatic heterocycles. The van der Waals surface area contributed by atoms with Gasteiger partial charge in [0.2, 0.25) is 0 Å². The first-order valence-electron chi connectivity index (χ1n) is 2.56. The fourth-order valence-electron chi connectivity index (χ4n) is 0.551. The van der Waals surface area contributed by atoms with E-state index in [4.69, 9.17) is 4.55 Å². The third kappa shape index (κ3) is 4.28. The van der Waals surface area contributed by atoms with E-state index in [1.165, 1.54) is 0 Å². The minimum Gasteiger partial charge on any atom is -0.302 e. The number of benzene rings is 1. The zero-order valence-electron chi connectivity index (χ0n) is 5.95. The predicted octanol–water partition coefficient (Wildman–Crippen LogP) is -0.966. The van der Waals surface area contributed by atoms with Gasteiger partial charge in [0.15, 0.2) is 11.1 Å². The van der Waals surface area contributed by atoms with Gasteiger partial charge in [0, 0.05) is 4.47 Å². The van der Waals surface area contributed by atoms with Crippen molar-refractivity contribution in [2.45, 2.75) is 4.90 Å². The van der Waals surface area contributed by atoms with Crippen molar-refractivity contribution < 1.29 is 60.1 Å². The van der Waals surface area contributed by atoms with E-state index in [-0.39, 0.29) is 51.4 Å². The molecule has 5 heteroatoms. The van der Waals surface area contributed by atoms with Crippen LogP contribution in [0.2, 0.25) is 0 Å². The van der Waals surface area contributed by atoms with Crippen molar-refractivity contribution in [3.05, 3.63) is 28.7 Å². The third-order valence-corrected chi connectivity index (χ3v) is 2.22. The number of hydrogen-bond acceptors (Lipinski definition) is 1. The first-order chi connectivity index (χ1) is 4.70. The Morgan fingerprint density at radius 2 is 1.73 bits per heavy atom. The molecule has 11 heavy (non-hydrogen) atoms. The van der Waals surface area contributed by atoms with Gasteiger partial charge >= 0.3 is 51.4 Å². The molecule has 0 saturated carbocycles. The van der Waals surface area contributed by atoms with Crippen molar-refractivity contribution in [1.82, 2.24) is 0 Å². The molecule has 0 saturated heterocycles. The van der Waals surface area contributed by atoms with Crippen LogP contribution in [0.5, 0.6) is 0 Å². The molecule has 1 aromatic rings. The summed E-state index contributed by atoms with van der Waals surface area (Å²) in [6.07, 6.45) is 0. The van der Waals surface area contributed by atoms with E-state index >= 15 is 0 Å². The molecule has 0 aliphatic carbocycles. The van der Waals surface area contributed by atoms with Crippen molar-refractivity contribution in [2.75, 3.05) is 0 Å². The van der Waals surface area contributed by atoms with Crippen LogP contribution in [0.3, 0.4) is 0 Å². The standard InChI is InChI=1S/C6H5BrO2S.K/c7-5-1-3-6(4-2-5)10(8)9;/h1-4H,(H,8,9);/q;+1. The van der Waals surface area contributed by atoms with Gasteiger partial charge < -0.3 is 4.55 Å². The number of rotatable bonds is 1. The smallest absolute Gasteiger partial charge is 0.302 e. The summed E-state index contributed by atoms with van der Waals surface area (Å²) >= 11 is 1.36. The minimum absolute atomic E-state index is 0. The van der Waals surface area contributed by atoms with Gasteiger partial charge in [0.25, 0.3) is 0 Å². The molecule has 1 atom stereocenters.